The van der Waals surface area contributed by atoms with E-state index >= 15 is 0 Å². The highest BCUT2D eigenvalue weighted by Crippen LogP contribution is 2.38. The molecule has 0 saturated heterocycles. The van der Waals surface area contributed by atoms with Crippen molar-refractivity contribution in [1.29, 1.82) is 0 Å². The summed E-state index contributed by atoms with van der Waals surface area (Å²) in [6.45, 7) is -1.59. The number of rotatable bonds is 0. The van der Waals surface area contributed by atoms with Crippen molar-refractivity contribution in [1.82, 2.24) is 14.5 Å². The molecule has 1 aliphatic rings. The minimum absolute atomic E-state index is 0.651. The summed E-state index contributed by atoms with van der Waals surface area (Å²) in [6, 6.07) is 3.76. The van der Waals surface area contributed by atoms with Gasteiger partial charge in [-0.2, -0.15) is 0 Å². The average Bonchev–Trinajstić information content (AvgIpc) is 3.13. The Morgan fingerprint density at radius 3 is 3.15 bits per heavy atom. The van der Waals surface area contributed by atoms with Crippen LogP contribution in [-0.4, -0.2) is 14.5 Å². The fraction of sp³-hybridized carbons (Fsp3) is 0.133. The van der Waals surface area contributed by atoms with Gasteiger partial charge in [0.2, 0.25) is 0 Å². The third-order valence-electron chi connectivity index (χ3n) is 3.86. The smallest absolute Gasteiger partial charge is 0.264 e. The number of hydrogen-bond donors (Lipinski definition) is 0. The van der Waals surface area contributed by atoms with Gasteiger partial charge in [-0.1, -0.05) is 11.3 Å². The molecule has 0 fully saturated rings. The van der Waals surface area contributed by atoms with Crippen LogP contribution in [0.5, 0.6) is 0 Å². The topological polar surface area (TPSA) is 34.6 Å². The maximum absolute atomic E-state index is 7.97. The number of aromatic nitrogens is 4. The van der Waals surface area contributed by atoms with Crippen LogP contribution in [0.3, 0.4) is 0 Å². The standard InChI is InChI=1S/C15H11N4S/c1-18-12-3-5-17-7-11(12)13-14(18)19-8-9-6-16-4-2-10(9)15(19)20-13/h2-7H,8H2,1H3/q+1/i1D3. The zero-order valence-electron chi connectivity index (χ0n) is 13.4. The monoisotopic (exact) mass is 282 g/mol. The SMILES string of the molecule is [2H]C([2H])([2H])n1c2ccncc2c2sc3[n+](c21)Cc1cnccc1-3. The van der Waals surface area contributed by atoms with E-state index in [1.807, 2.05) is 12.3 Å². The molecular formula is C15H11N4S+. The zero-order chi connectivity index (χ0) is 15.8. The van der Waals surface area contributed by atoms with Crippen LogP contribution in [-0.2, 0) is 13.5 Å². The van der Waals surface area contributed by atoms with Crippen molar-refractivity contribution in [3.63, 3.8) is 0 Å². The van der Waals surface area contributed by atoms with Crippen molar-refractivity contribution in [2.45, 2.75) is 6.54 Å². The lowest BCUT2D eigenvalue weighted by atomic mass is 10.2. The number of hydrogen-bond acceptors (Lipinski definition) is 3. The van der Waals surface area contributed by atoms with Crippen molar-refractivity contribution in [2.24, 2.45) is 6.98 Å². The van der Waals surface area contributed by atoms with E-state index < -0.39 is 6.98 Å². The molecule has 4 nitrogen and oxygen atoms in total. The summed E-state index contributed by atoms with van der Waals surface area (Å²) in [5.41, 5.74) is 3.70. The van der Waals surface area contributed by atoms with Crippen LogP contribution >= 0.6 is 11.3 Å². The molecule has 5 heterocycles. The molecule has 5 rings (SSSR count). The van der Waals surface area contributed by atoms with Crippen molar-refractivity contribution >= 4 is 32.6 Å². The highest BCUT2D eigenvalue weighted by molar-refractivity contribution is 7.22. The van der Waals surface area contributed by atoms with E-state index in [1.54, 1.807) is 36.0 Å². The molecule has 5 heteroatoms. The third kappa shape index (κ3) is 1.10. The van der Waals surface area contributed by atoms with Gasteiger partial charge in [-0.25, -0.2) is 9.13 Å². The molecule has 0 N–H and O–H groups in total. The van der Waals surface area contributed by atoms with Gasteiger partial charge in [0.1, 0.15) is 16.8 Å². The van der Waals surface area contributed by atoms with Crippen molar-refractivity contribution in [2.75, 3.05) is 0 Å². The zero-order valence-corrected chi connectivity index (χ0v) is 11.2. The quantitative estimate of drug-likeness (QED) is 0.409. The summed E-state index contributed by atoms with van der Waals surface area (Å²) in [5, 5.41) is 1.97. The van der Waals surface area contributed by atoms with Gasteiger partial charge >= 0.3 is 5.65 Å². The van der Waals surface area contributed by atoms with Gasteiger partial charge in [0.05, 0.1) is 16.5 Å². The van der Waals surface area contributed by atoms with Crippen LogP contribution in [0, 0.1) is 0 Å². The van der Waals surface area contributed by atoms with Crippen LogP contribution < -0.4 is 4.57 Å². The van der Waals surface area contributed by atoms with Gasteiger partial charge in [0.15, 0.2) is 5.01 Å². The second-order valence-electron chi connectivity index (χ2n) is 4.91. The van der Waals surface area contributed by atoms with E-state index in [4.69, 9.17) is 4.11 Å². The Labute approximate surface area is 123 Å². The van der Waals surface area contributed by atoms with E-state index in [2.05, 4.69) is 14.5 Å². The minimum atomic E-state index is -2.24. The molecule has 0 bridgehead atoms. The maximum Gasteiger partial charge on any atom is 0.301 e. The molecule has 96 valence electrons. The van der Waals surface area contributed by atoms with Crippen LogP contribution in [0.25, 0.3) is 31.8 Å². The highest BCUT2D eigenvalue weighted by atomic mass is 32.1. The molecule has 20 heavy (non-hydrogen) atoms. The Kier molecular flexibility index (Phi) is 1.39. The first-order valence-electron chi connectivity index (χ1n) is 7.80. The Bertz CT molecular complexity index is 1090. The number of pyridine rings is 2. The summed E-state index contributed by atoms with van der Waals surface area (Å²) in [6.07, 6.45) is 7.01. The summed E-state index contributed by atoms with van der Waals surface area (Å²) >= 11 is 1.62. The second kappa shape index (κ2) is 3.43. The number of fused-ring (bicyclic) bond motifs is 7. The summed E-state index contributed by atoms with van der Waals surface area (Å²) in [7, 11) is 0. The molecular weight excluding hydrogens is 268 g/mol. The number of aryl methyl sites for hydroxylation is 1. The molecule has 0 spiro atoms. The van der Waals surface area contributed by atoms with Gasteiger partial charge in [-0.15, -0.1) is 0 Å². The minimum Gasteiger partial charge on any atom is -0.264 e. The van der Waals surface area contributed by atoms with Crippen LogP contribution in [0.1, 0.15) is 9.68 Å². The normalized spacial score (nSPS) is 15.9. The van der Waals surface area contributed by atoms with E-state index in [0.717, 1.165) is 31.9 Å². The molecule has 0 aliphatic carbocycles. The van der Waals surface area contributed by atoms with Crippen molar-refractivity contribution in [3.05, 3.63) is 42.5 Å². The first kappa shape index (κ1) is 8.11. The molecule has 4 aromatic rings. The average molecular weight is 282 g/mol. The van der Waals surface area contributed by atoms with Crippen molar-refractivity contribution < 1.29 is 8.68 Å². The van der Waals surface area contributed by atoms with E-state index in [1.165, 1.54) is 4.57 Å². The Balaban J connectivity index is 1.97. The van der Waals surface area contributed by atoms with Gasteiger partial charge in [0, 0.05) is 42.0 Å². The molecule has 0 unspecified atom stereocenters. The summed E-state index contributed by atoms with van der Waals surface area (Å²) < 4.78 is 28.4. The molecule has 1 aliphatic heterocycles. The van der Waals surface area contributed by atoms with Crippen LogP contribution in [0.2, 0.25) is 0 Å². The molecule has 4 aromatic heterocycles. The lowest BCUT2D eigenvalue weighted by Crippen LogP contribution is -2.32. The second-order valence-corrected chi connectivity index (χ2v) is 5.91. The first-order chi connectivity index (χ1) is 11.1. The number of nitrogens with zero attached hydrogens (tertiary/aromatic N) is 4. The summed E-state index contributed by atoms with van der Waals surface area (Å²) in [4.78, 5) is 8.35. The van der Waals surface area contributed by atoms with Gasteiger partial charge < -0.3 is 0 Å². The molecule has 0 saturated carbocycles. The Hall–Kier alpha value is -2.27. The Morgan fingerprint density at radius 1 is 1.30 bits per heavy atom. The molecule has 0 aromatic carbocycles. The first-order valence-corrected chi connectivity index (χ1v) is 7.12. The van der Waals surface area contributed by atoms with Gasteiger partial charge in [0.25, 0.3) is 0 Å². The largest absolute Gasteiger partial charge is 0.301 e. The van der Waals surface area contributed by atoms with Crippen molar-refractivity contribution in [3.8, 4) is 10.6 Å². The Morgan fingerprint density at radius 2 is 2.20 bits per heavy atom. The highest BCUT2D eigenvalue weighted by Gasteiger charge is 2.32. The van der Waals surface area contributed by atoms with Crippen LogP contribution in [0.4, 0.5) is 0 Å². The van der Waals surface area contributed by atoms with Gasteiger partial charge in [-0.3, -0.25) is 9.97 Å². The summed E-state index contributed by atoms with van der Waals surface area (Å²) in [5.74, 6) is 0. The van der Waals surface area contributed by atoms with Gasteiger partial charge in [-0.05, 0) is 6.07 Å². The predicted octanol–water partition coefficient (Wildman–Crippen LogP) is 2.50. The van der Waals surface area contributed by atoms with E-state index in [-0.39, 0.29) is 0 Å². The van der Waals surface area contributed by atoms with Crippen LogP contribution in [0.15, 0.2) is 36.9 Å². The molecule has 0 atom stereocenters. The lowest BCUT2D eigenvalue weighted by Gasteiger charge is -1.93. The fourth-order valence-corrected chi connectivity index (χ4v) is 4.29. The fourth-order valence-electron chi connectivity index (χ4n) is 2.96. The predicted molar refractivity (Wildman–Crippen MR) is 78.6 cm³/mol. The molecule has 0 amide bonds. The lowest BCUT2D eigenvalue weighted by molar-refractivity contribution is -0.644. The van der Waals surface area contributed by atoms with E-state index in [0.29, 0.717) is 12.1 Å². The third-order valence-corrected chi connectivity index (χ3v) is 5.10. The maximum atomic E-state index is 7.97. The number of thiazole rings is 1. The van der Waals surface area contributed by atoms with E-state index in [9.17, 15) is 0 Å². The molecule has 0 radical (unpaired) electrons.